The smallest absolute Gasteiger partial charge is 0.328 e. The maximum atomic E-state index is 9.55. The fraction of sp³-hybridized carbons (Fsp3) is 0.391. The van der Waals surface area contributed by atoms with Crippen LogP contribution in [0.2, 0.25) is 0 Å². The Morgan fingerprint density at radius 3 is 1.97 bits per heavy atom. The van der Waals surface area contributed by atoms with Crippen LogP contribution in [0.25, 0.3) is 0 Å². The molecule has 0 saturated carbocycles. The van der Waals surface area contributed by atoms with Crippen molar-refractivity contribution in [3.05, 3.63) is 58.1 Å². The first-order valence-corrected chi connectivity index (χ1v) is 11.3. The first-order chi connectivity index (χ1) is 16.0. The van der Waals surface area contributed by atoms with E-state index in [1.807, 2.05) is 0 Å². The van der Waals surface area contributed by atoms with E-state index in [0.717, 1.165) is 19.0 Å². The van der Waals surface area contributed by atoms with Crippen LogP contribution in [0.3, 0.4) is 0 Å². The van der Waals surface area contributed by atoms with Crippen LogP contribution in [-0.2, 0) is 32.0 Å². The van der Waals surface area contributed by atoms with Crippen molar-refractivity contribution in [3.63, 3.8) is 0 Å². The quantitative estimate of drug-likeness (QED) is 0.348. The lowest BCUT2D eigenvalue weighted by Crippen LogP contribution is -2.53. The standard InChI is InChI=1S/C15H21BrN2.2C4H4O4/c1-18-8-7-17-10-15(18)12-6-5-11-3-2-4-14(16)13(11)9-12;2*5-3(6)1-2-4(7)8/h2-4,12,15,17H,5-10H2,1H3;2*1-2H,(H,5,6)(H,7,8)/b;2*2-1-. The molecule has 1 saturated heterocycles. The number of nitrogens with one attached hydrogen (secondary N) is 1. The second-order valence-corrected chi connectivity index (χ2v) is 8.51. The predicted molar refractivity (Wildman–Crippen MR) is 128 cm³/mol. The molecule has 1 aromatic rings. The monoisotopic (exact) mass is 540 g/mol. The number of hydrogen-bond acceptors (Lipinski definition) is 6. The number of halogens is 1. The molecule has 2 unspecified atom stereocenters. The third-order valence-electron chi connectivity index (χ3n) is 5.31. The largest absolute Gasteiger partial charge is 0.478 e. The summed E-state index contributed by atoms with van der Waals surface area (Å²) in [5.41, 5.74) is 3.10. The number of benzene rings is 1. The van der Waals surface area contributed by atoms with E-state index in [0.29, 0.717) is 30.3 Å². The van der Waals surface area contributed by atoms with Crippen molar-refractivity contribution >= 4 is 39.8 Å². The number of piperazine rings is 1. The van der Waals surface area contributed by atoms with Gasteiger partial charge in [-0.15, -0.1) is 0 Å². The molecule has 1 fully saturated rings. The molecule has 34 heavy (non-hydrogen) atoms. The molecule has 11 heteroatoms. The van der Waals surface area contributed by atoms with Gasteiger partial charge in [0.1, 0.15) is 0 Å². The van der Waals surface area contributed by atoms with Gasteiger partial charge in [0.25, 0.3) is 0 Å². The molecule has 0 spiro atoms. The van der Waals surface area contributed by atoms with Crippen LogP contribution < -0.4 is 5.32 Å². The minimum atomic E-state index is -1.26. The van der Waals surface area contributed by atoms with Crippen molar-refractivity contribution < 1.29 is 39.6 Å². The van der Waals surface area contributed by atoms with Crippen LogP contribution in [0.5, 0.6) is 0 Å². The van der Waals surface area contributed by atoms with E-state index in [1.54, 1.807) is 11.1 Å². The molecule has 0 bridgehead atoms. The second-order valence-electron chi connectivity index (χ2n) is 7.65. The van der Waals surface area contributed by atoms with Gasteiger partial charge < -0.3 is 30.6 Å². The van der Waals surface area contributed by atoms with Crippen molar-refractivity contribution in [3.8, 4) is 0 Å². The number of carboxylic acids is 4. The number of nitrogens with zero attached hydrogens (tertiary/aromatic N) is 1. The lowest BCUT2D eigenvalue weighted by atomic mass is 9.79. The number of likely N-dealkylation sites (N-methyl/N-ethyl adjacent to an activating group) is 1. The Bertz CT molecular complexity index is 866. The Kier molecular flexibility index (Phi) is 12.8. The average molecular weight is 541 g/mol. The number of aryl methyl sites for hydroxylation is 1. The van der Waals surface area contributed by atoms with E-state index < -0.39 is 23.9 Å². The highest BCUT2D eigenvalue weighted by molar-refractivity contribution is 9.10. The minimum absolute atomic E-state index is 0.558. The minimum Gasteiger partial charge on any atom is -0.478 e. The molecule has 2 atom stereocenters. The molecule has 1 aliphatic carbocycles. The normalized spacial score (nSPS) is 19.8. The van der Waals surface area contributed by atoms with E-state index >= 15 is 0 Å². The zero-order chi connectivity index (χ0) is 25.7. The van der Waals surface area contributed by atoms with Gasteiger partial charge in [-0.3, -0.25) is 0 Å². The van der Waals surface area contributed by atoms with Crippen LogP contribution in [0.15, 0.2) is 47.0 Å². The second kappa shape index (κ2) is 15.0. The molecule has 186 valence electrons. The summed E-state index contributed by atoms with van der Waals surface area (Å²) in [6.45, 7) is 3.48. The van der Waals surface area contributed by atoms with Gasteiger partial charge in [0, 0.05) is 54.5 Å². The summed E-state index contributed by atoms with van der Waals surface area (Å²) in [7, 11) is 2.28. The molecule has 1 heterocycles. The molecule has 5 N–H and O–H groups in total. The SMILES string of the molecule is CN1CCNCC1C1CCc2cccc(Br)c2C1.O=C(O)/C=C\C(=O)O.O=C(O)/C=C\C(=O)O. The average Bonchev–Trinajstić information content (AvgIpc) is 2.78. The fourth-order valence-corrected chi connectivity index (χ4v) is 4.31. The molecule has 3 rings (SSSR count). The topological polar surface area (TPSA) is 164 Å². The maximum Gasteiger partial charge on any atom is 0.328 e. The number of aliphatic carboxylic acids is 4. The van der Waals surface area contributed by atoms with Gasteiger partial charge in [0.15, 0.2) is 0 Å². The number of rotatable bonds is 5. The van der Waals surface area contributed by atoms with Crippen LogP contribution in [0.4, 0.5) is 0 Å². The van der Waals surface area contributed by atoms with Gasteiger partial charge >= 0.3 is 23.9 Å². The zero-order valence-electron chi connectivity index (χ0n) is 18.7. The van der Waals surface area contributed by atoms with Crippen molar-refractivity contribution in [1.82, 2.24) is 10.2 Å². The van der Waals surface area contributed by atoms with Gasteiger partial charge in [-0.1, -0.05) is 28.1 Å². The molecule has 10 nitrogen and oxygen atoms in total. The molecular formula is C23H29BrN2O8. The predicted octanol–water partition coefficient (Wildman–Crippen LogP) is 1.88. The molecule has 0 aromatic heterocycles. The number of hydrogen-bond donors (Lipinski definition) is 5. The maximum absolute atomic E-state index is 9.55. The lowest BCUT2D eigenvalue weighted by molar-refractivity contribution is -0.134. The van der Waals surface area contributed by atoms with E-state index in [9.17, 15) is 19.2 Å². The van der Waals surface area contributed by atoms with E-state index in [2.05, 4.69) is 51.4 Å². The number of carbonyl (C=O) groups is 4. The van der Waals surface area contributed by atoms with Crippen LogP contribution in [0.1, 0.15) is 17.5 Å². The third kappa shape index (κ3) is 11.2. The molecule has 0 radical (unpaired) electrons. The highest BCUT2D eigenvalue weighted by Crippen LogP contribution is 2.33. The Hall–Kier alpha value is -3.02. The van der Waals surface area contributed by atoms with E-state index in [-0.39, 0.29) is 0 Å². The van der Waals surface area contributed by atoms with Gasteiger partial charge in [-0.05, 0) is 49.4 Å². The summed E-state index contributed by atoms with van der Waals surface area (Å²) < 4.78 is 1.30. The van der Waals surface area contributed by atoms with E-state index in [4.69, 9.17) is 20.4 Å². The molecule has 2 aliphatic rings. The van der Waals surface area contributed by atoms with E-state index in [1.165, 1.54) is 30.3 Å². The summed E-state index contributed by atoms with van der Waals surface area (Å²) in [6, 6.07) is 7.35. The Labute approximate surface area is 205 Å². The fourth-order valence-electron chi connectivity index (χ4n) is 3.74. The van der Waals surface area contributed by atoms with Gasteiger partial charge in [0.05, 0.1) is 0 Å². The van der Waals surface area contributed by atoms with Crippen molar-refractivity contribution in [2.24, 2.45) is 5.92 Å². The summed E-state index contributed by atoms with van der Waals surface area (Å²) in [4.78, 5) is 40.8. The molecule has 1 aliphatic heterocycles. The number of carboxylic acid groups (broad SMARTS) is 4. The van der Waals surface area contributed by atoms with Gasteiger partial charge in [0.2, 0.25) is 0 Å². The van der Waals surface area contributed by atoms with Crippen molar-refractivity contribution in [2.45, 2.75) is 25.3 Å². The molecule has 1 aromatic carbocycles. The van der Waals surface area contributed by atoms with Crippen molar-refractivity contribution in [2.75, 3.05) is 26.7 Å². The summed E-state index contributed by atoms with van der Waals surface area (Å²) in [5.74, 6) is -4.23. The summed E-state index contributed by atoms with van der Waals surface area (Å²) in [5, 5.41) is 34.8. The summed E-state index contributed by atoms with van der Waals surface area (Å²) >= 11 is 3.72. The summed E-state index contributed by atoms with van der Waals surface area (Å²) in [6.07, 6.45) is 6.03. The zero-order valence-corrected chi connectivity index (χ0v) is 20.3. The third-order valence-corrected chi connectivity index (χ3v) is 6.05. The Morgan fingerprint density at radius 2 is 1.50 bits per heavy atom. The molecular weight excluding hydrogens is 512 g/mol. The van der Waals surface area contributed by atoms with Crippen LogP contribution in [-0.4, -0.2) is 81.9 Å². The Balaban J connectivity index is 0.000000304. The Morgan fingerprint density at radius 1 is 0.971 bits per heavy atom. The number of fused-ring (bicyclic) bond motifs is 1. The first-order valence-electron chi connectivity index (χ1n) is 10.5. The van der Waals surface area contributed by atoms with Crippen LogP contribution >= 0.6 is 15.9 Å². The first kappa shape index (κ1) is 29.0. The molecule has 0 amide bonds. The van der Waals surface area contributed by atoms with Crippen LogP contribution in [0, 0.1) is 5.92 Å². The van der Waals surface area contributed by atoms with Gasteiger partial charge in [-0.2, -0.15) is 0 Å². The lowest BCUT2D eigenvalue weighted by Gasteiger charge is -2.40. The van der Waals surface area contributed by atoms with Gasteiger partial charge in [-0.25, -0.2) is 19.2 Å². The highest BCUT2D eigenvalue weighted by atomic mass is 79.9. The van der Waals surface area contributed by atoms with Crippen molar-refractivity contribution in [1.29, 1.82) is 0 Å². The highest BCUT2D eigenvalue weighted by Gasteiger charge is 2.30.